The molecule has 1 amide bonds. The van der Waals surface area contributed by atoms with E-state index in [0.717, 1.165) is 30.4 Å². The first-order chi connectivity index (χ1) is 18.8. The zero-order chi connectivity index (χ0) is 27.1. The summed E-state index contributed by atoms with van der Waals surface area (Å²) in [5.74, 6) is 0.214. The van der Waals surface area contributed by atoms with Gasteiger partial charge in [-0.1, -0.05) is 61.0 Å². The molecule has 2 aliphatic rings. The maximum absolute atomic E-state index is 13.3. The molecule has 8 nitrogen and oxygen atoms in total. The number of fused-ring (bicyclic) bond motifs is 2. The van der Waals surface area contributed by atoms with Gasteiger partial charge in [-0.05, 0) is 54.7 Å². The van der Waals surface area contributed by atoms with Crippen molar-refractivity contribution < 1.29 is 9.90 Å². The number of halogens is 1. The molecule has 0 unspecified atom stereocenters. The average molecular weight is 546 g/mol. The zero-order valence-corrected chi connectivity index (χ0v) is 22.8. The highest BCUT2D eigenvalue weighted by Crippen LogP contribution is 2.36. The summed E-state index contributed by atoms with van der Waals surface area (Å²) in [6, 6.07) is 14.1. The van der Waals surface area contributed by atoms with E-state index >= 15 is 0 Å². The number of imidazole rings is 1. The lowest BCUT2D eigenvalue weighted by molar-refractivity contribution is -0.136. The number of amides is 1. The van der Waals surface area contributed by atoms with E-state index in [4.69, 9.17) is 11.6 Å². The average Bonchev–Trinajstić information content (AvgIpc) is 3.60. The number of hydrogen-bond acceptors (Lipinski definition) is 5. The van der Waals surface area contributed by atoms with Crippen LogP contribution in [-0.2, 0) is 24.2 Å². The first kappa shape index (κ1) is 25.8. The van der Waals surface area contributed by atoms with E-state index in [1.165, 1.54) is 26.5 Å². The monoisotopic (exact) mass is 545 g/mol. The number of hydrogen-bond donors (Lipinski definition) is 1. The number of nitrogens with zero attached hydrogens (tertiary/aromatic N) is 5. The minimum Gasteiger partial charge on any atom is -0.388 e. The van der Waals surface area contributed by atoms with Crippen LogP contribution in [0.25, 0.3) is 16.9 Å². The van der Waals surface area contributed by atoms with Crippen molar-refractivity contribution in [2.24, 2.45) is 0 Å². The Hall–Kier alpha value is -3.49. The second-order valence-electron chi connectivity index (χ2n) is 11.0. The molecule has 1 N–H and O–H groups in total. The van der Waals surface area contributed by atoms with Crippen LogP contribution in [0.3, 0.4) is 0 Å². The fraction of sp³-hybridized carbons (Fsp3) is 0.400. The van der Waals surface area contributed by atoms with Crippen molar-refractivity contribution in [3.8, 4) is 11.3 Å². The smallest absolute Gasteiger partial charge is 0.296 e. The number of piperidine rings is 1. The van der Waals surface area contributed by atoms with E-state index in [1.54, 1.807) is 6.20 Å². The van der Waals surface area contributed by atoms with E-state index in [1.807, 2.05) is 41.3 Å². The lowest BCUT2D eigenvalue weighted by Crippen LogP contribution is -2.50. The van der Waals surface area contributed by atoms with Gasteiger partial charge in [-0.2, -0.15) is 5.10 Å². The third-order valence-corrected chi connectivity index (χ3v) is 8.78. The Morgan fingerprint density at radius 2 is 1.90 bits per heavy atom. The van der Waals surface area contributed by atoms with Crippen molar-refractivity contribution in [2.45, 2.75) is 63.5 Å². The van der Waals surface area contributed by atoms with Crippen LogP contribution in [0.15, 0.2) is 59.8 Å². The van der Waals surface area contributed by atoms with Gasteiger partial charge in [-0.3, -0.25) is 14.2 Å². The summed E-state index contributed by atoms with van der Waals surface area (Å²) in [6.45, 7) is 3.05. The quantitative estimate of drug-likeness (QED) is 0.391. The highest BCUT2D eigenvalue weighted by atomic mass is 35.5. The van der Waals surface area contributed by atoms with Gasteiger partial charge >= 0.3 is 0 Å². The Bertz CT molecular complexity index is 1590. The molecule has 0 spiro atoms. The summed E-state index contributed by atoms with van der Waals surface area (Å²) in [7, 11) is 0. The molecule has 3 heterocycles. The Morgan fingerprint density at radius 3 is 2.67 bits per heavy atom. The molecule has 1 fully saturated rings. The third kappa shape index (κ3) is 4.87. The van der Waals surface area contributed by atoms with Crippen LogP contribution in [0.1, 0.15) is 55.2 Å². The number of carbonyl (C=O) groups is 1. The minimum atomic E-state index is -1.11. The molecule has 39 heavy (non-hydrogen) atoms. The molecule has 1 aliphatic carbocycles. The SMILES string of the molecule is C[C@H](CC(=O)N1CCC(O)(Cn2cnn3c(-c4ccc5c(c4Cl)CCC5)cnc3c2=O)CC1)c1ccccc1. The van der Waals surface area contributed by atoms with E-state index in [2.05, 4.69) is 23.1 Å². The summed E-state index contributed by atoms with van der Waals surface area (Å²) in [5, 5.41) is 16.5. The molecule has 0 bridgehead atoms. The van der Waals surface area contributed by atoms with Crippen LogP contribution in [0.5, 0.6) is 0 Å². The summed E-state index contributed by atoms with van der Waals surface area (Å²) < 4.78 is 2.95. The van der Waals surface area contributed by atoms with Crippen LogP contribution < -0.4 is 5.56 Å². The molecule has 1 aliphatic heterocycles. The van der Waals surface area contributed by atoms with Gasteiger partial charge in [0.25, 0.3) is 5.56 Å². The molecule has 0 saturated carbocycles. The number of likely N-dealkylation sites (tertiary alicyclic amines) is 1. The molecule has 2 aromatic heterocycles. The summed E-state index contributed by atoms with van der Waals surface area (Å²) in [6.07, 6.45) is 7.38. The van der Waals surface area contributed by atoms with Gasteiger partial charge < -0.3 is 10.0 Å². The van der Waals surface area contributed by atoms with Crippen molar-refractivity contribution in [1.82, 2.24) is 24.1 Å². The molecular weight excluding hydrogens is 514 g/mol. The standard InChI is InChI=1S/C30H32ClN5O3/c1-20(21-6-3-2-4-7-21)16-26(37)34-14-12-30(39,13-15-34)18-35-19-33-36-25(17-32-28(36)29(35)38)24-11-10-22-8-5-9-23(22)27(24)31/h2-4,6-7,10-11,17,19-20,39H,5,8-9,12-16,18H2,1H3/t20-/m1/s1. The molecule has 1 atom stereocenters. The van der Waals surface area contributed by atoms with E-state index < -0.39 is 5.60 Å². The van der Waals surface area contributed by atoms with E-state index in [9.17, 15) is 14.7 Å². The fourth-order valence-corrected chi connectivity index (χ4v) is 6.33. The summed E-state index contributed by atoms with van der Waals surface area (Å²) in [5.41, 5.74) is 3.83. The first-order valence-electron chi connectivity index (χ1n) is 13.6. The summed E-state index contributed by atoms with van der Waals surface area (Å²) >= 11 is 6.74. The second kappa shape index (κ2) is 10.2. The molecule has 6 rings (SSSR count). The van der Waals surface area contributed by atoms with Crippen molar-refractivity contribution in [3.63, 3.8) is 0 Å². The molecular formula is C30H32ClN5O3. The molecule has 0 radical (unpaired) electrons. The van der Waals surface area contributed by atoms with E-state index in [0.29, 0.717) is 43.1 Å². The first-order valence-corrected chi connectivity index (χ1v) is 14.0. The fourth-order valence-electron chi connectivity index (χ4n) is 5.96. The van der Waals surface area contributed by atoms with Crippen molar-refractivity contribution in [1.29, 1.82) is 0 Å². The van der Waals surface area contributed by atoms with Crippen LogP contribution in [0.2, 0.25) is 5.02 Å². The number of aliphatic hydroxyl groups is 1. The Kier molecular flexibility index (Phi) is 6.77. The Morgan fingerprint density at radius 1 is 1.13 bits per heavy atom. The van der Waals surface area contributed by atoms with Crippen LogP contribution in [0, 0.1) is 0 Å². The predicted molar refractivity (Wildman–Crippen MR) is 150 cm³/mol. The van der Waals surface area contributed by atoms with Crippen LogP contribution in [0.4, 0.5) is 0 Å². The van der Waals surface area contributed by atoms with Gasteiger partial charge in [0.1, 0.15) is 6.33 Å². The van der Waals surface area contributed by atoms with Gasteiger partial charge in [0.15, 0.2) is 0 Å². The topological polar surface area (TPSA) is 92.7 Å². The Balaban J connectivity index is 1.15. The lowest BCUT2D eigenvalue weighted by Gasteiger charge is -2.38. The largest absolute Gasteiger partial charge is 0.388 e. The maximum atomic E-state index is 13.3. The van der Waals surface area contributed by atoms with E-state index in [-0.39, 0.29) is 29.6 Å². The van der Waals surface area contributed by atoms with Gasteiger partial charge in [0.05, 0.1) is 29.1 Å². The zero-order valence-electron chi connectivity index (χ0n) is 22.0. The molecule has 2 aromatic carbocycles. The summed E-state index contributed by atoms with van der Waals surface area (Å²) in [4.78, 5) is 32.4. The number of rotatable bonds is 6. The number of aromatic nitrogens is 4. The van der Waals surface area contributed by atoms with Gasteiger partial charge in [-0.25, -0.2) is 9.50 Å². The second-order valence-corrected chi connectivity index (χ2v) is 11.4. The molecule has 202 valence electrons. The maximum Gasteiger partial charge on any atom is 0.296 e. The van der Waals surface area contributed by atoms with Gasteiger partial charge in [0.2, 0.25) is 11.6 Å². The van der Waals surface area contributed by atoms with Gasteiger partial charge in [-0.15, -0.1) is 0 Å². The Labute approximate surface area is 231 Å². The number of carbonyl (C=O) groups excluding carboxylic acids is 1. The number of aryl methyl sites for hydroxylation is 1. The van der Waals surface area contributed by atoms with Crippen LogP contribution in [-0.4, -0.2) is 53.8 Å². The van der Waals surface area contributed by atoms with Crippen LogP contribution >= 0.6 is 11.6 Å². The van der Waals surface area contributed by atoms with Crippen molar-refractivity contribution in [2.75, 3.05) is 13.1 Å². The van der Waals surface area contributed by atoms with Gasteiger partial charge in [0, 0.05) is 25.1 Å². The molecule has 9 heteroatoms. The van der Waals surface area contributed by atoms with Crippen molar-refractivity contribution >= 4 is 23.2 Å². The highest BCUT2D eigenvalue weighted by molar-refractivity contribution is 6.34. The predicted octanol–water partition coefficient (Wildman–Crippen LogP) is 4.25. The third-order valence-electron chi connectivity index (χ3n) is 8.35. The minimum absolute atomic E-state index is 0.0868. The normalized spacial score (nSPS) is 17.4. The number of benzene rings is 2. The molecule has 1 saturated heterocycles. The van der Waals surface area contributed by atoms with Crippen molar-refractivity contribution in [3.05, 3.63) is 87.1 Å². The highest BCUT2D eigenvalue weighted by Gasteiger charge is 2.35. The lowest BCUT2D eigenvalue weighted by atomic mass is 9.90. The molecule has 4 aromatic rings.